The zero-order chi connectivity index (χ0) is 19.1. The summed E-state index contributed by atoms with van der Waals surface area (Å²) in [6.07, 6.45) is 0.562. The van der Waals surface area contributed by atoms with Crippen LogP contribution < -0.4 is 4.72 Å². The van der Waals surface area contributed by atoms with E-state index < -0.39 is 5.97 Å². The van der Waals surface area contributed by atoms with E-state index in [1.54, 1.807) is 31.4 Å². The van der Waals surface area contributed by atoms with Crippen LogP contribution in [0.5, 0.6) is 5.75 Å². The van der Waals surface area contributed by atoms with Crippen molar-refractivity contribution in [2.24, 2.45) is 0 Å². The Morgan fingerprint density at radius 1 is 1.23 bits per heavy atom. The van der Waals surface area contributed by atoms with Crippen molar-refractivity contribution >= 4 is 46.8 Å². The molecule has 0 radical (unpaired) electrons. The third kappa shape index (κ3) is 5.99. The molecular formula is C18H19Cl2NO4S. The van der Waals surface area contributed by atoms with Crippen molar-refractivity contribution in [3.05, 3.63) is 52.0 Å². The number of phenols is 1. The van der Waals surface area contributed by atoms with Gasteiger partial charge in [0, 0.05) is 33.8 Å². The predicted octanol–water partition coefficient (Wildman–Crippen LogP) is 5.40. The minimum absolute atomic E-state index is 0.0947. The summed E-state index contributed by atoms with van der Waals surface area (Å²) in [6, 6.07) is 9.78. The van der Waals surface area contributed by atoms with Crippen LogP contribution in [0.25, 0.3) is 0 Å². The number of nitrogens with one attached hydrogen (secondary N) is 1. The van der Waals surface area contributed by atoms with E-state index in [2.05, 4.69) is 4.72 Å². The molecule has 1 atom stereocenters. The number of hydrogen-bond acceptors (Lipinski definition) is 6. The van der Waals surface area contributed by atoms with Crippen LogP contribution in [-0.4, -0.2) is 30.9 Å². The maximum atomic E-state index is 12.1. The summed E-state index contributed by atoms with van der Waals surface area (Å²) in [5, 5.41) is 11.2. The minimum Gasteiger partial charge on any atom is -0.507 e. The first-order chi connectivity index (χ1) is 12.4. The zero-order valence-corrected chi connectivity index (χ0v) is 16.6. The number of aromatic hydroxyl groups is 1. The Morgan fingerprint density at radius 3 is 2.50 bits per heavy atom. The number of phenolic OH excluding ortho intramolecular Hbond substituents is 1. The first-order valence-electron chi connectivity index (χ1n) is 7.84. The molecule has 0 bridgehead atoms. The maximum Gasteiger partial charge on any atom is 0.342 e. The van der Waals surface area contributed by atoms with Crippen molar-refractivity contribution in [1.29, 1.82) is 0 Å². The molecule has 26 heavy (non-hydrogen) atoms. The quantitative estimate of drug-likeness (QED) is 0.444. The van der Waals surface area contributed by atoms with Crippen LogP contribution in [-0.2, 0) is 9.47 Å². The molecule has 0 heterocycles. The summed E-state index contributed by atoms with van der Waals surface area (Å²) < 4.78 is 13.4. The second-order valence-corrected chi connectivity index (χ2v) is 7.16. The predicted molar refractivity (Wildman–Crippen MR) is 105 cm³/mol. The van der Waals surface area contributed by atoms with Crippen LogP contribution in [0.15, 0.2) is 41.3 Å². The summed E-state index contributed by atoms with van der Waals surface area (Å²) in [6.45, 7) is 2.07. The molecule has 0 spiro atoms. The molecule has 0 amide bonds. The average Bonchev–Trinajstić information content (AvgIpc) is 2.60. The molecule has 0 fully saturated rings. The van der Waals surface area contributed by atoms with Crippen molar-refractivity contribution in [3.8, 4) is 5.75 Å². The van der Waals surface area contributed by atoms with E-state index in [1.165, 1.54) is 24.1 Å². The van der Waals surface area contributed by atoms with Gasteiger partial charge in [-0.3, -0.25) is 0 Å². The smallest absolute Gasteiger partial charge is 0.342 e. The Bertz CT molecular complexity index is 749. The van der Waals surface area contributed by atoms with Gasteiger partial charge in [-0.05, 0) is 48.7 Å². The van der Waals surface area contributed by atoms with Gasteiger partial charge in [-0.1, -0.05) is 30.1 Å². The van der Waals surface area contributed by atoms with Gasteiger partial charge in [0.2, 0.25) is 0 Å². The zero-order valence-electron chi connectivity index (χ0n) is 14.3. The van der Waals surface area contributed by atoms with Crippen LogP contribution in [0.1, 0.15) is 23.7 Å². The van der Waals surface area contributed by atoms with E-state index in [9.17, 15) is 9.90 Å². The lowest BCUT2D eigenvalue weighted by Crippen LogP contribution is -2.20. The van der Waals surface area contributed by atoms with Crippen LogP contribution in [0.3, 0.4) is 0 Å². The molecule has 0 aliphatic heterocycles. The lowest BCUT2D eigenvalue weighted by molar-refractivity contribution is 0.00952. The van der Waals surface area contributed by atoms with E-state index in [1.807, 2.05) is 6.92 Å². The molecule has 2 N–H and O–H groups in total. The highest BCUT2D eigenvalue weighted by Crippen LogP contribution is 2.30. The van der Waals surface area contributed by atoms with E-state index >= 15 is 0 Å². The molecule has 2 aromatic rings. The third-order valence-electron chi connectivity index (χ3n) is 3.53. The lowest BCUT2D eigenvalue weighted by Gasteiger charge is -2.14. The number of halogens is 2. The fraction of sp³-hybridized carbons (Fsp3) is 0.278. The SMILES string of the molecule is CCC(COC(=O)c1ccc(NSc2cc(Cl)cc(Cl)c2)cc1O)OC. The second kappa shape index (κ2) is 9.92. The fourth-order valence-corrected chi connectivity index (χ4v) is 3.46. The number of ether oxygens (including phenoxy) is 2. The van der Waals surface area contributed by atoms with Crippen molar-refractivity contribution in [2.45, 2.75) is 24.3 Å². The van der Waals surface area contributed by atoms with Crippen molar-refractivity contribution < 1.29 is 19.4 Å². The van der Waals surface area contributed by atoms with E-state index in [-0.39, 0.29) is 24.0 Å². The van der Waals surface area contributed by atoms with Crippen LogP contribution in [0.2, 0.25) is 10.0 Å². The molecule has 140 valence electrons. The summed E-state index contributed by atoms with van der Waals surface area (Å²) in [7, 11) is 1.56. The van der Waals surface area contributed by atoms with Gasteiger partial charge in [-0.15, -0.1) is 0 Å². The Hall–Kier alpha value is -1.60. The number of esters is 1. The Labute approximate surface area is 166 Å². The van der Waals surface area contributed by atoms with Gasteiger partial charge in [-0.25, -0.2) is 4.79 Å². The van der Waals surface area contributed by atoms with E-state index in [4.69, 9.17) is 32.7 Å². The molecule has 0 aliphatic rings. The topological polar surface area (TPSA) is 67.8 Å². The Kier molecular flexibility index (Phi) is 7.90. The van der Waals surface area contributed by atoms with Gasteiger partial charge in [0.25, 0.3) is 0 Å². The highest BCUT2D eigenvalue weighted by atomic mass is 35.5. The molecule has 0 saturated carbocycles. The standard InChI is InChI=1S/C18H19Cl2NO4S/c1-3-14(24-2)10-25-18(23)16-5-4-13(9-17(16)22)21-26-15-7-11(19)6-12(20)8-15/h4-9,14,21-22H,3,10H2,1-2H3. The number of carbonyl (C=O) groups is 1. The molecule has 0 aromatic heterocycles. The van der Waals surface area contributed by atoms with Crippen LogP contribution in [0.4, 0.5) is 5.69 Å². The summed E-state index contributed by atoms with van der Waals surface area (Å²) >= 11 is 13.2. The first kappa shape index (κ1) is 20.7. The molecule has 2 aromatic carbocycles. The molecule has 8 heteroatoms. The normalized spacial score (nSPS) is 11.8. The fourth-order valence-electron chi connectivity index (χ4n) is 2.07. The van der Waals surface area contributed by atoms with Crippen molar-refractivity contribution in [1.82, 2.24) is 0 Å². The molecule has 0 aliphatic carbocycles. The summed E-state index contributed by atoms with van der Waals surface area (Å²) in [4.78, 5) is 12.9. The van der Waals surface area contributed by atoms with Gasteiger partial charge in [0.05, 0.1) is 6.10 Å². The number of methoxy groups -OCH3 is 1. The van der Waals surface area contributed by atoms with Gasteiger partial charge >= 0.3 is 5.97 Å². The molecular weight excluding hydrogens is 397 g/mol. The number of rotatable bonds is 8. The van der Waals surface area contributed by atoms with Crippen LogP contribution >= 0.6 is 35.1 Å². The number of anilines is 1. The molecule has 1 unspecified atom stereocenters. The Morgan fingerprint density at radius 2 is 1.92 bits per heavy atom. The third-order valence-corrected chi connectivity index (χ3v) is 4.78. The minimum atomic E-state index is -0.598. The van der Waals surface area contributed by atoms with Crippen LogP contribution in [0, 0.1) is 0 Å². The lowest BCUT2D eigenvalue weighted by atomic mass is 10.2. The highest BCUT2D eigenvalue weighted by Gasteiger charge is 2.15. The molecule has 5 nitrogen and oxygen atoms in total. The van der Waals surface area contributed by atoms with Crippen molar-refractivity contribution in [2.75, 3.05) is 18.4 Å². The monoisotopic (exact) mass is 415 g/mol. The maximum absolute atomic E-state index is 12.1. The van der Waals surface area contributed by atoms with Gasteiger partial charge in [0.15, 0.2) is 0 Å². The Balaban J connectivity index is 1.98. The number of carbonyl (C=O) groups excluding carboxylic acids is 1. The van der Waals surface area contributed by atoms with E-state index in [0.717, 1.165) is 11.3 Å². The largest absolute Gasteiger partial charge is 0.507 e. The second-order valence-electron chi connectivity index (χ2n) is 5.41. The summed E-state index contributed by atoms with van der Waals surface area (Å²) in [5.74, 6) is -0.769. The van der Waals surface area contributed by atoms with E-state index in [0.29, 0.717) is 15.7 Å². The van der Waals surface area contributed by atoms with Gasteiger partial charge in [0.1, 0.15) is 17.9 Å². The number of hydrogen-bond donors (Lipinski definition) is 2. The van der Waals surface area contributed by atoms with Gasteiger partial charge < -0.3 is 19.3 Å². The van der Waals surface area contributed by atoms with Gasteiger partial charge in [-0.2, -0.15) is 0 Å². The average molecular weight is 416 g/mol. The first-order valence-corrected chi connectivity index (χ1v) is 9.42. The summed E-state index contributed by atoms with van der Waals surface area (Å²) in [5.41, 5.74) is 0.709. The molecule has 0 saturated heterocycles. The molecule has 2 rings (SSSR count). The van der Waals surface area contributed by atoms with Crippen molar-refractivity contribution in [3.63, 3.8) is 0 Å². The number of benzene rings is 2. The highest BCUT2D eigenvalue weighted by molar-refractivity contribution is 8.00.